The van der Waals surface area contributed by atoms with Gasteiger partial charge in [0, 0.05) is 24.1 Å². The van der Waals surface area contributed by atoms with Gasteiger partial charge in [0.25, 0.3) is 0 Å². The van der Waals surface area contributed by atoms with E-state index in [2.05, 4.69) is 10.2 Å². The maximum absolute atomic E-state index is 14.0. The average molecular weight is 367 g/mol. The Morgan fingerprint density at radius 1 is 1.15 bits per heavy atom. The van der Waals surface area contributed by atoms with E-state index in [1.54, 1.807) is 28.5 Å². The Balaban J connectivity index is 1.90. The molecular weight excluding hydrogens is 355 g/mol. The number of nitrogens with zero attached hydrogens (tertiary/aromatic N) is 5. The monoisotopic (exact) mass is 366 g/mol. The van der Waals surface area contributed by atoms with E-state index in [4.69, 9.17) is 22.6 Å². The smallest absolute Gasteiger partial charge is 0.146 e. The van der Waals surface area contributed by atoms with Crippen molar-refractivity contribution in [1.82, 2.24) is 19.6 Å². The Kier molecular flexibility index (Phi) is 3.63. The molecule has 0 aliphatic rings. The molecule has 0 spiro atoms. The van der Waals surface area contributed by atoms with E-state index in [0.717, 1.165) is 10.9 Å². The van der Waals surface area contributed by atoms with Crippen LogP contribution >= 0.6 is 11.6 Å². The normalized spacial score (nSPS) is 11.0. The standard InChI is InChI=1S/C18H12ClFN6/c1-25-18(19)13-7-12(4-5-15(13)23-25)26-16(8-17(22)24-26)10-2-3-11(9-21)14(20)6-10/h2-8H,1H3,(H2,22,24). The molecule has 0 unspecified atom stereocenters. The molecule has 2 heterocycles. The quantitative estimate of drug-likeness (QED) is 0.586. The molecule has 0 bridgehead atoms. The third kappa shape index (κ3) is 2.48. The van der Waals surface area contributed by atoms with Gasteiger partial charge in [-0.15, -0.1) is 0 Å². The second kappa shape index (κ2) is 5.86. The van der Waals surface area contributed by atoms with E-state index in [1.165, 1.54) is 12.1 Å². The molecule has 6 nitrogen and oxygen atoms in total. The molecule has 4 aromatic rings. The van der Waals surface area contributed by atoms with Crippen molar-refractivity contribution in [3.8, 4) is 23.0 Å². The number of aromatic nitrogens is 4. The zero-order valence-electron chi connectivity index (χ0n) is 13.6. The Morgan fingerprint density at radius 2 is 1.96 bits per heavy atom. The highest BCUT2D eigenvalue weighted by Gasteiger charge is 2.15. The molecule has 0 aliphatic heterocycles. The minimum Gasteiger partial charge on any atom is -0.382 e. The summed E-state index contributed by atoms with van der Waals surface area (Å²) in [5.41, 5.74) is 8.49. The van der Waals surface area contributed by atoms with Crippen molar-refractivity contribution < 1.29 is 4.39 Å². The molecule has 128 valence electrons. The number of benzene rings is 2. The Hall–Kier alpha value is -3.37. The first-order valence-electron chi connectivity index (χ1n) is 7.66. The first-order valence-corrected chi connectivity index (χ1v) is 8.04. The van der Waals surface area contributed by atoms with E-state index in [-0.39, 0.29) is 5.56 Å². The minimum absolute atomic E-state index is 0.0173. The number of hydrogen-bond acceptors (Lipinski definition) is 4. The first kappa shape index (κ1) is 16.1. The van der Waals surface area contributed by atoms with E-state index in [9.17, 15) is 4.39 Å². The van der Waals surface area contributed by atoms with Crippen molar-refractivity contribution in [2.45, 2.75) is 0 Å². The van der Waals surface area contributed by atoms with Gasteiger partial charge < -0.3 is 5.73 Å². The maximum Gasteiger partial charge on any atom is 0.146 e. The molecule has 0 amide bonds. The van der Waals surface area contributed by atoms with Gasteiger partial charge in [-0.25, -0.2) is 9.07 Å². The van der Waals surface area contributed by atoms with Crippen molar-refractivity contribution in [2.75, 3.05) is 5.73 Å². The fourth-order valence-corrected chi connectivity index (χ4v) is 3.04. The lowest BCUT2D eigenvalue weighted by Crippen LogP contribution is -2.00. The van der Waals surface area contributed by atoms with Gasteiger partial charge in [-0.3, -0.25) is 4.68 Å². The minimum atomic E-state index is -0.595. The summed E-state index contributed by atoms with van der Waals surface area (Å²) in [6, 6.07) is 13.3. The zero-order chi connectivity index (χ0) is 18.4. The fourth-order valence-electron chi connectivity index (χ4n) is 2.85. The Labute approximate surface area is 152 Å². The molecule has 4 rings (SSSR count). The summed E-state index contributed by atoms with van der Waals surface area (Å²) in [6.07, 6.45) is 0. The molecule has 0 aliphatic carbocycles. The number of fused-ring (bicyclic) bond motifs is 1. The van der Waals surface area contributed by atoms with Crippen molar-refractivity contribution in [2.24, 2.45) is 7.05 Å². The fraction of sp³-hybridized carbons (Fsp3) is 0.0556. The van der Waals surface area contributed by atoms with Crippen LogP contribution in [0.3, 0.4) is 0 Å². The third-order valence-corrected chi connectivity index (χ3v) is 4.55. The van der Waals surface area contributed by atoms with Gasteiger partial charge in [0.1, 0.15) is 22.9 Å². The highest BCUT2D eigenvalue weighted by atomic mass is 35.5. The number of nitriles is 1. The summed E-state index contributed by atoms with van der Waals surface area (Å²) in [5, 5.41) is 18.8. The second-order valence-electron chi connectivity index (χ2n) is 5.79. The van der Waals surface area contributed by atoms with Gasteiger partial charge in [0.2, 0.25) is 0 Å². The van der Waals surface area contributed by atoms with E-state index < -0.39 is 5.82 Å². The number of aryl methyl sites for hydroxylation is 1. The number of halogens is 2. The highest BCUT2D eigenvalue weighted by Crippen LogP contribution is 2.29. The SMILES string of the molecule is Cn1nc2ccc(-n3nc(N)cc3-c3ccc(C#N)c(F)c3)cc2c1Cl. The largest absolute Gasteiger partial charge is 0.382 e. The van der Waals surface area contributed by atoms with Crippen LogP contribution in [-0.4, -0.2) is 19.6 Å². The van der Waals surface area contributed by atoms with Gasteiger partial charge in [-0.05, 0) is 30.3 Å². The maximum atomic E-state index is 14.0. The lowest BCUT2D eigenvalue weighted by molar-refractivity contribution is 0.624. The molecule has 2 aromatic carbocycles. The molecule has 0 saturated heterocycles. The van der Waals surface area contributed by atoms with Crippen LogP contribution in [-0.2, 0) is 7.05 Å². The molecule has 2 N–H and O–H groups in total. The lowest BCUT2D eigenvalue weighted by Gasteiger charge is -2.08. The molecule has 26 heavy (non-hydrogen) atoms. The predicted molar refractivity (Wildman–Crippen MR) is 97.4 cm³/mol. The van der Waals surface area contributed by atoms with Gasteiger partial charge in [0.05, 0.1) is 22.5 Å². The van der Waals surface area contributed by atoms with Crippen LogP contribution in [0, 0.1) is 17.1 Å². The van der Waals surface area contributed by atoms with Crippen LogP contribution in [0.4, 0.5) is 10.2 Å². The molecule has 0 atom stereocenters. The zero-order valence-corrected chi connectivity index (χ0v) is 14.4. The molecule has 0 fully saturated rings. The summed E-state index contributed by atoms with van der Waals surface area (Å²) in [7, 11) is 1.76. The summed E-state index contributed by atoms with van der Waals surface area (Å²) in [6.45, 7) is 0. The van der Waals surface area contributed by atoms with Crippen molar-refractivity contribution in [1.29, 1.82) is 5.26 Å². The van der Waals surface area contributed by atoms with Crippen LogP contribution in [0.1, 0.15) is 5.56 Å². The highest BCUT2D eigenvalue weighted by molar-refractivity contribution is 6.34. The molecule has 2 aromatic heterocycles. The van der Waals surface area contributed by atoms with E-state index in [0.29, 0.717) is 27.9 Å². The van der Waals surface area contributed by atoms with Crippen LogP contribution in [0.15, 0.2) is 42.5 Å². The second-order valence-corrected chi connectivity index (χ2v) is 6.15. The van der Waals surface area contributed by atoms with E-state index in [1.807, 2.05) is 24.3 Å². The molecule has 0 radical (unpaired) electrons. The van der Waals surface area contributed by atoms with E-state index >= 15 is 0 Å². The van der Waals surface area contributed by atoms with Crippen LogP contribution in [0.5, 0.6) is 0 Å². The number of nitrogens with two attached hydrogens (primary N) is 1. The summed E-state index contributed by atoms with van der Waals surface area (Å²) in [4.78, 5) is 0. The Bertz CT molecular complexity index is 1200. The summed E-state index contributed by atoms with van der Waals surface area (Å²) in [5.74, 6) is -0.302. The number of hydrogen-bond donors (Lipinski definition) is 1. The van der Waals surface area contributed by atoms with Crippen LogP contribution in [0.2, 0.25) is 5.15 Å². The van der Waals surface area contributed by atoms with Crippen LogP contribution in [0.25, 0.3) is 27.8 Å². The average Bonchev–Trinajstić information content (AvgIpc) is 3.15. The van der Waals surface area contributed by atoms with Gasteiger partial charge in [-0.2, -0.15) is 15.5 Å². The first-order chi connectivity index (χ1) is 12.5. The predicted octanol–water partition coefficient (Wildman–Crippen LogP) is 3.67. The van der Waals surface area contributed by atoms with Crippen molar-refractivity contribution >= 4 is 28.3 Å². The summed E-state index contributed by atoms with van der Waals surface area (Å²) < 4.78 is 17.2. The van der Waals surface area contributed by atoms with Crippen LogP contribution < -0.4 is 5.73 Å². The Morgan fingerprint density at radius 3 is 2.69 bits per heavy atom. The topological polar surface area (TPSA) is 85.4 Å². The molecular formula is C18H12ClFN6. The molecule has 8 heteroatoms. The number of rotatable bonds is 2. The number of nitrogen functional groups attached to an aromatic ring is 1. The molecule has 0 saturated carbocycles. The summed E-state index contributed by atoms with van der Waals surface area (Å²) >= 11 is 6.28. The van der Waals surface area contributed by atoms with Gasteiger partial charge in [0.15, 0.2) is 0 Å². The number of anilines is 1. The van der Waals surface area contributed by atoms with Gasteiger partial charge in [-0.1, -0.05) is 17.7 Å². The van der Waals surface area contributed by atoms with Gasteiger partial charge >= 0.3 is 0 Å². The van der Waals surface area contributed by atoms with Crippen molar-refractivity contribution in [3.63, 3.8) is 0 Å². The lowest BCUT2D eigenvalue weighted by atomic mass is 10.1. The third-order valence-electron chi connectivity index (χ3n) is 4.10. The van der Waals surface area contributed by atoms with Crippen molar-refractivity contribution in [3.05, 3.63) is 59.0 Å².